The maximum atomic E-state index is 9.16. The van der Waals surface area contributed by atoms with Gasteiger partial charge in [-0.2, -0.15) is 5.10 Å². The fraction of sp³-hybridized carbons (Fsp3) is 0.667. The highest BCUT2D eigenvalue weighted by atomic mass is 16.4. The molecule has 0 saturated heterocycles. The summed E-state index contributed by atoms with van der Waals surface area (Å²) in [5, 5.41) is 22.7. The molecule has 0 atom stereocenters. The SMILES string of the molecule is CC(C)n1nc(C2CC2)cc1B(O)O. The summed E-state index contributed by atoms with van der Waals surface area (Å²) in [6.45, 7) is 3.96. The predicted molar refractivity (Wildman–Crippen MR) is 54.4 cm³/mol. The molecule has 0 radical (unpaired) electrons. The Hall–Kier alpha value is -0.805. The van der Waals surface area contributed by atoms with E-state index in [1.807, 2.05) is 19.9 Å². The van der Waals surface area contributed by atoms with Crippen molar-refractivity contribution in [1.82, 2.24) is 9.78 Å². The Labute approximate surface area is 83.7 Å². The maximum absolute atomic E-state index is 9.16. The second-order valence-corrected chi connectivity index (χ2v) is 4.18. The molecule has 0 spiro atoms. The lowest BCUT2D eigenvalue weighted by Crippen LogP contribution is -2.37. The first kappa shape index (κ1) is 9.74. The molecule has 0 amide bonds. The molecule has 0 bridgehead atoms. The van der Waals surface area contributed by atoms with Gasteiger partial charge in [0.15, 0.2) is 0 Å². The summed E-state index contributed by atoms with van der Waals surface area (Å²) in [5.74, 6) is 0.549. The van der Waals surface area contributed by atoms with Gasteiger partial charge in [0.25, 0.3) is 0 Å². The van der Waals surface area contributed by atoms with E-state index >= 15 is 0 Å². The molecular weight excluding hydrogens is 179 g/mol. The first-order chi connectivity index (χ1) is 6.59. The first-order valence-electron chi connectivity index (χ1n) is 5.05. The molecule has 14 heavy (non-hydrogen) atoms. The molecule has 1 aromatic rings. The molecule has 0 aromatic carbocycles. The third-order valence-corrected chi connectivity index (χ3v) is 2.53. The van der Waals surface area contributed by atoms with Crippen molar-refractivity contribution in [3.05, 3.63) is 11.8 Å². The Balaban J connectivity index is 2.34. The zero-order valence-electron chi connectivity index (χ0n) is 8.51. The van der Waals surface area contributed by atoms with Gasteiger partial charge in [0, 0.05) is 12.0 Å². The standard InChI is InChI=1S/C9H15BN2O2/c1-6(2)12-9(10(13)14)5-8(11-12)7-3-4-7/h5-7,13-14H,3-4H2,1-2H3. The van der Waals surface area contributed by atoms with Gasteiger partial charge in [0.1, 0.15) is 0 Å². The fourth-order valence-corrected chi connectivity index (χ4v) is 1.61. The summed E-state index contributed by atoms with van der Waals surface area (Å²) in [4.78, 5) is 0. The van der Waals surface area contributed by atoms with Crippen LogP contribution in [0.5, 0.6) is 0 Å². The number of rotatable bonds is 3. The lowest BCUT2D eigenvalue weighted by Gasteiger charge is -2.09. The Bertz CT molecular complexity index is 306. The van der Waals surface area contributed by atoms with E-state index in [2.05, 4.69) is 5.10 Å². The van der Waals surface area contributed by atoms with Gasteiger partial charge < -0.3 is 10.0 Å². The molecule has 0 aliphatic heterocycles. The van der Waals surface area contributed by atoms with E-state index in [4.69, 9.17) is 10.0 Å². The van der Waals surface area contributed by atoms with Crippen LogP contribution in [0.15, 0.2) is 6.07 Å². The first-order valence-corrected chi connectivity index (χ1v) is 5.05. The Morgan fingerprint density at radius 3 is 2.50 bits per heavy atom. The van der Waals surface area contributed by atoms with Crippen molar-refractivity contribution >= 4 is 12.7 Å². The van der Waals surface area contributed by atoms with Crippen LogP contribution < -0.4 is 5.59 Å². The molecule has 2 rings (SSSR count). The monoisotopic (exact) mass is 194 g/mol. The van der Waals surface area contributed by atoms with Gasteiger partial charge in [-0.1, -0.05) is 0 Å². The summed E-state index contributed by atoms with van der Waals surface area (Å²) in [6, 6.07) is 1.97. The normalized spacial score (nSPS) is 16.4. The average molecular weight is 194 g/mol. The van der Waals surface area contributed by atoms with Crippen molar-refractivity contribution in [2.75, 3.05) is 0 Å². The summed E-state index contributed by atoms with van der Waals surface area (Å²) in [7, 11) is -1.42. The van der Waals surface area contributed by atoms with Crippen molar-refractivity contribution < 1.29 is 10.0 Å². The predicted octanol–water partition coefficient (Wildman–Crippen LogP) is 0.0212. The minimum Gasteiger partial charge on any atom is -0.422 e. The van der Waals surface area contributed by atoms with Gasteiger partial charge in [0.05, 0.1) is 11.3 Å². The topological polar surface area (TPSA) is 58.3 Å². The van der Waals surface area contributed by atoms with E-state index in [1.54, 1.807) is 4.68 Å². The number of nitrogens with zero attached hydrogens (tertiary/aromatic N) is 2. The Morgan fingerprint density at radius 1 is 1.50 bits per heavy atom. The summed E-state index contributed by atoms with van der Waals surface area (Å²) >= 11 is 0. The smallest absolute Gasteiger partial charge is 0.422 e. The van der Waals surface area contributed by atoms with Crippen LogP contribution in [-0.2, 0) is 0 Å². The molecule has 1 aliphatic rings. The molecule has 1 heterocycles. The van der Waals surface area contributed by atoms with Crippen molar-refractivity contribution in [1.29, 1.82) is 0 Å². The highest BCUT2D eigenvalue weighted by Crippen LogP contribution is 2.38. The average Bonchev–Trinajstić information content (AvgIpc) is 2.83. The third kappa shape index (κ3) is 1.70. The second kappa shape index (κ2) is 3.40. The van der Waals surface area contributed by atoms with Crippen LogP contribution in [0.3, 0.4) is 0 Å². The highest BCUT2D eigenvalue weighted by Gasteiger charge is 2.30. The van der Waals surface area contributed by atoms with Gasteiger partial charge in [0.2, 0.25) is 0 Å². The molecule has 1 saturated carbocycles. The van der Waals surface area contributed by atoms with Crippen LogP contribution in [0, 0.1) is 0 Å². The van der Waals surface area contributed by atoms with Crippen LogP contribution in [0.25, 0.3) is 0 Å². The van der Waals surface area contributed by atoms with E-state index < -0.39 is 7.12 Å². The lowest BCUT2D eigenvalue weighted by molar-refractivity contribution is 0.416. The second-order valence-electron chi connectivity index (χ2n) is 4.18. The lowest BCUT2D eigenvalue weighted by atomic mass is 9.85. The van der Waals surface area contributed by atoms with Crippen LogP contribution in [0.1, 0.15) is 44.3 Å². The summed E-state index contributed by atoms with van der Waals surface area (Å²) < 4.78 is 1.69. The molecule has 1 aromatic heterocycles. The number of aromatic nitrogens is 2. The fourth-order valence-electron chi connectivity index (χ4n) is 1.61. The molecule has 1 aliphatic carbocycles. The molecule has 1 fully saturated rings. The Kier molecular flexibility index (Phi) is 2.37. The van der Waals surface area contributed by atoms with Gasteiger partial charge >= 0.3 is 7.12 Å². The minimum atomic E-state index is -1.42. The van der Waals surface area contributed by atoms with Gasteiger partial charge in [-0.25, -0.2) is 0 Å². The largest absolute Gasteiger partial charge is 0.507 e. The van der Waals surface area contributed by atoms with E-state index in [0.717, 1.165) is 5.69 Å². The highest BCUT2D eigenvalue weighted by molar-refractivity contribution is 6.57. The number of hydrogen-bond donors (Lipinski definition) is 2. The van der Waals surface area contributed by atoms with Crippen molar-refractivity contribution in [3.8, 4) is 0 Å². The molecular formula is C9H15BN2O2. The van der Waals surface area contributed by atoms with Gasteiger partial charge in [-0.05, 0) is 32.8 Å². The van der Waals surface area contributed by atoms with Crippen LogP contribution in [0.4, 0.5) is 0 Å². The van der Waals surface area contributed by atoms with E-state index in [1.165, 1.54) is 12.8 Å². The maximum Gasteiger partial charge on any atom is 0.507 e. The van der Waals surface area contributed by atoms with Crippen LogP contribution in [0.2, 0.25) is 0 Å². The van der Waals surface area contributed by atoms with Crippen molar-refractivity contribution in [3.63, 3.8) is 0 Å². The molecule has 2 N–H and O–H groups in total. The third-order valence-electron chi connectivity index (χ3n) is 2.53. The summed E-state index contributed by atoms with van der Waals surface area (Å²) in [5.41, 5.74) is 1.50. The van der Waals surface area contributed by atoms with Gasteiger partial charge in [-0.3, -0.25) is 4.68 Å². The molecule has 4 nitrogen and oxygen atoms in total. The van der Waals surface area contributed by atoms with Crippen LogP contribution in [-0.4, -0.2) is 26.9 Å². The Morgan fingerprint density at radius 2 is 2.14 bits per heavy atom. The molecule has 5 heteroatoms. The molecule has 0 unspecified atom stereocenters. The van der Waals surface area contributed by atoms with Crippen LogP contribution >= 0.6 is 0 Å². The summed E-state index contributed by atoms with van der Waals surface area (Å²) in [6.07, 6.45) is 2.35. The zero-order chi connectivity index (χ0) is 10.3. The van der Waals surface area contributed by atoms with Crippen molar-refractivity contribution in [2.45, 2.75) is 38.6 Å². The van der Waals surface area contributed by atoms with Crippen molar-refractivity contribution in [2.24, 2.45) is 0 Å². The van der Waals surface area contributed by atoms with E-state index in [0.29, 0.717) is 11.5 Å². The van der Waals surface area contributed by atoms with E-state index in [-0.39, 0.29) is 6.04 Å². The quantitative estimate of drug-likeness (QED) is 0.667. The zero-order valence-corrected chi connectivity index (χ0v) is 8.51. The minimum absolute atomic E-state index is 0.166. The van der Waals surface area contributed by atoms with Gasteiger partial charge in [-0.15, -0.1) is 0 Å². The van der Waals surface area contributed by atoms with E-state index in [9.17, 15) is 0 Å². The number of hydrogen-bond acceptors (Lipinski definition) is 3. The molecule has 76 valence electrons.